The third-order valence-electron chi connectivity index (χ3n) is 5.51. The van der Waals surface area contributed by atoms with Crippen LogP contribution in [0.2, 0.25) is 10.0 Å². The van der Waals surface area contributed by atoms with Gasteiger partial charge in [0.05, 0.1) is 28.4 Å². The molecule has 1 amide bonds. The molecular formula is C26H19Cl2N3O2. The molecule has 5 rings (SSSR count). The SMILES string of the molecule is COc1cccc(-c2nc(C(=O)NCc3ccc(Cl)c(Cl)c3)cc3c2[nH]c2ccccc23)c1. The molecule has 0 atom stereocenters. The minimum atomic E-state index is -0.280. The Kier molecular flexibility index (Phi) is 5.67. The molecule has 0 unspecified atom stereocenters. The predicted octanol–water partition coefficient (Wildman–Crippen LogP) is 6.63. The number of amides is 1. The van der Waals surface area contributed by atoms with E-state index >= 15 is 0 Å². The first-order valence-electron chi connectivity index (χ1n) is 10.3. The molecule has 2 N–H and O–H groups in total. The van der Waals surface area contributed by atoms with E-state index in [0.717, 1.165) is 32.9 Å². The van der Waals surface area contributed by atoms with E-state index in [-0.39, 0.29) is 5.91 Å². The average molecular weight is 476 g/mol. The van der Waals surface area contributed by atoms with Gasteiger partial charge >= 0.3 is 0 Å². The molecule has 0 aliphatic carbocycles. The molecule has 0 spiro atoms. The minimum absolute atomic E-state index is 0.280. The number of nitrogens with zero attached hydrogens (tertiary/aromatic N) is 1. The molecule has 0 fully saturated rings. The van der Waals surface area contributed by atoms with Crippen LogP contribution in [-0.2, 0) is 6.54 Å². The highest BCUT2D eigenvalue weighted by molar-refractivity contribution is 6.42. The van der Waals surface area contributed by atoms with Gasteiger partial charge in [0, 0.05) is 28.4 Å². The highest BCUT2D eigenvalue weighted by Gasteiger charge is 2.17. The van der Waals surface area contributed by atoms with Crippen LogP contribution in [0.4, 0.5) is 0 Å². The van der Waals surface area contributed by atoms with Crippen LogP contribution in [0.3, 0.4) is 0 Å². The largest absolute Gasteiger partial charge is 0.497 e. The Balaban J connectivity index is 1.58. The zero-order valence-corrected chi connectivity index (χ0v) is 19.2. The Labute approximate surface area is 200 Å². The smallest absolute Gasteiger partial charge is 0.270 e. The molecule has 33 heavy (non-hydrogen) atoms. The maximum atomic E-state index is 13.1. The molecule has 0 bridgehead atoms. The van der Waals surface area contributed by atoms with Crippen molar-refractivity contribution in [3.8, 4) is 17.0 Å². The summed E-state index contributed by atoms with van der Waals surface area (Å²) in [6.45, 7) is 0.303. The summed E-state index contributed by atoms with van der Waals surface area (Å²) in [5, 5.41) is 5.80. The summed E-state index contributed by atoms with van der Waals surface area (Å²) in [5.41, 5.74) is 4.55. The number of carbonyl (C=O) groups excluding carboxylic acids is 1. The van der Waals surface area contributed by atoms with Gasteiger partial charge in [0.15, 0.2) is 0 Å². The van der Waals surface area contributed by atoms with Crippen LogP contribution in [-0.4, -0.2) is 23.0 Å². The quantitative estimate of drug-likeness (QED) is 0.299. The maximum Gasteiger partial charge on any atom is 0.270 e. The standard InChI is InChI=1S/C26H19Cl2N3O2/c1-33-17-6-4-5-16(12-17)24-25-19(18-7-2-3-8-22(18)30-25)13-23(31-24)26(32)29-14-15-9-10-20(27)21(28)11-15/h2-13,30H,14H2,1H3,(H,29,32). The summed E-state index contributed by atoms with van der Waals surface area (Å²) in [4.78, 5) is 21.3. The van der Waals surface area contributed by atoms with E-state index < -0.39 is 0 Å². The number of benzene rings is 3. The van der Waals surface area contributed by atoms with Crippen molar-refractivity contribution in [3.63, 3.8) is 0 Å². The van der Waals surface area contributed by atoms with E-state index in [0.29, 0.717) is 33.7 Å². The second-order valence-electron chi connectivity index (χ2n) is 7.61. The molecular weight excluding hydrogens is 457 g/mol. The number of rotatable bonds is 5. The lowest BCUT2D eigenvalue weighted by molar-refractivity contribution is 0.0946. The van der Waals surface area contributed by atoms with Crippen LogP contribution >= 0.6 is 23.2 Å². The molecule has 2 aromatic heterocycles. The van der Waals surface area contributed by atoms with Crippen molar-refractivity contribution in [2.45, 2.75) is 6.54 Å². The van der Waals surface area contributed by atoms with Crippen molar-refractivity contribution in [2.24, 2.45) is 0 Å². The molecule has 0 saturated heterocycles. The highest BCUT2D eigenvalue weighted by atomic mass is 35.5. The van der Waals surface area contributed by atoms with Gasteiger partial charge < -0.3 is 15.0 Å². The lowest BCUT2D eigenvalue weighted by atomic mass is 10.1. The zero-order valence-electron chi connectivity index (χ0n) is 17.7. The van der Waals surface area contributed by atoms with Gasteiger partial charge in [0.2, 0.25) is 0 Å². The molecule has 5 nitrogen and oxygen atoms in total. The van der Waals surface area contributed by atoms with E-state index in [1.165, 1.54) is 0 Å². The first kappa shape index (κ1) is 21.3. The van der Waals surface area contributed by atoms with Crippen LogP contribution in [0.25, 0.3) is 33.1 Å². The number of aromatic amines is 1. The van der Waals surface area contributed by atoms with Crippen molar-refractivity contribution in [3.05, 3.63) is 94.1 Å². The van der Waals surface area contributed by atoms with Gasteiger partial charge in [0.1, 0.15) is 11.4 Å². The number of hydrogen-bond donors (Lipinski definition) is 2. The molecule has 0 aliphatic heterocycles. The second kappa shape index (κ2) is 8.77. The fourth-order valence-corrected chi connectivity index (χ4v) is 4.18. The monoisotopic (exact) mass is 475 g/mol. The fraction of sp³-hybridized carbons (Fsp3) is 0.0769. The van der Waals surface area contributed by atoms with E-state index in [4.69, 9.17) is 32.9 Å². The Morgan fingerprint density at radius 1 is 0.970 bits per heavy atom. The number of carbonyl (C=O) groups is 1. The van der Waals surface area contributed by atoms with Crippen molar-refractivity contribution in [2.75, 3.05) is 7.11 Å². The van der Waals surface area contributed by atoms with Gasteiger partial charge in [-0.25, -0.2) is 4.98 Å². The summed E-state index contributed by atoms with van der Waals surface area (Å²) in [7, 11) is 1.62. The van der Waals surface area contributed by atoms with Crippen molar-refractivity contribution >= 4 is 50.9 Å². The van der Waals surface area contributed by atoms with Crippen LogP contribution in [0.5, 0.6) is 5.75 Å². The first-order valence-corrected chi connectivity index (χ1v) is 11.1. The first-order chi connectivity index (χ1) is 16.0. The van der Waals surface area contributed by atoms with E-state index in [1.54, 1.807) is 19.2 Å². The molecule has 0 radical (unpaired) electrons. The van der Waals surface area contributed by atoms with Gasteiger partial charge in [-0.2, -0.15) is 0 Å². The summed E-state index contributed by atoms with van der Waals surface area (Å²) >= 11 is 12.1. The number of methoxy groups -OCH3 is 1. The minimum Gasteiger partial charge on any atom is -0.497 e. The van der Waals surface area contributed by atoms with Gasteiger partial charge in [-0.1, -0.05) is 59.6 Å². The van der Waals surface area contributed by atoms with Crippen LogP contribution in [0.1, 0.15) is 16.1 Å². The topological polar surface area (TPSA) is 67.0 Å². The number of fused-ring (bicyclic) bond motifs is 3. The number of ether oxygens (including phenoxy) is 1. The number of pyridine rings is 1. The Morgan fingerprint density at radius 3 is 2.64 bits per heavy atom. The lowest BCUT2D eigenvalue weighted by Crippen LogP contribution is -2.24. The van der Waals surface area contributed by atoms with Crippen LogP contribution < -0.4 is 10.1 Å². The summed E-state index contributed by atoms with van der Waals surface area (Å²) in [6.07, 6.45) is 0. The Bertz CT molecular complexity index is 1510. The van der Waals surface area contributed by atoms with Crippen LogP contribution in [0, 0.1) is 0 Å². The molecule has 2 heterocycles. The van der Waals surface area contributed by atoms with Crippen LogP contribution in [0.15, 0.2) is 72.8 Å². The zero-order chi connectivity index (χ0) is 22.9. The van der Waals surface area contributed by atoms with Gasteiger partial charge in [-0.3, -0.25) is 4.79 Å². The third-order valence-corrected chi connectivity index (χ3v) is 6.25. The highest BCUT2D eigenvalue weighted by Crippen LogP contribution is 2.34. The summed E-state index contributed by atoms with van der Waals surface area (Å²) < 4.78 is 5.39. The molecule has 7 heteroatoms. The van der Waals surface area contributed by atoms with Crippen molar-refractivity contribution in [1.29, 1.82) is 0 Å². The maximum absolute atomic E-state index is 13.1. The lowest BCUT2D eigenvalue weighted by Gasteiger charge is -2.10. The number of halogens is 2. The molecule has 5 aromatic rings. The van der Waals surface area contributed by atoms with E-state index in [1.807, 2.05) is 60.7 Å². The van der Waals surface area contributed by atoms with Crippen molar-refractivity contribution in [1.82, 2.24) is 15.3 Å². The van der Waals surface area contributed by atoms with Crippen molar-refractivity contribution < 1.29 is 9.53 Å². The number of aromatic nitrogens is 2. The number of hydrogen-bond acceptors (Lipinski definition) is 3. The summed E-state index contributed by atoms with van der Waals surface area (Å²) in [5.74, 6) is 0.436. The Morgan fingerprint density at radius 2 is 1.82 bits per heavy atom. The predicted molar refractivity (Wildman–Crippen MR) is 133 cm³/mol. The summed E-state index contributed by atoms with van der Waals surface area (Å²) in [6, 6.07) is 22.7. The normalized spacial score (nSPS) is 11.1. The Hall–Kier alpha value is -3.54. The van der Waals surface area contributed by atoms with Gasteiger partial charge in [0.25, 0.3) is 5.91 Å². The second-order valence-corrected chi connectivity index (χ2v) is 8.43. The van der Waals surface area contributed by atoms with E-state index in [9.17, 15) is 4.79 Å². The third kappa shape index (κ3) is 4.13. The molecule has 164 valence electrons. The molecule has 0 aliphatic rings. The average Bonchev–Trinajstić information content (AvgIpc) is 3.22. The molecule has 3 aromatic carbocycles. The fourth-order valence-electron chi connectivity index (χ4n) is 3.86. The van der Waals surface area contributed by atoms with Gasteiger partial charge in [-0.05, 0) is 42.0 Å². The molecule has 0 saturated carbocycles. The number of H-pyrrole nitrogens is 1. The number of nitrogens with one attached hydrogen (secondary N) is 2. The van der Waals surface area contributed by atoms with E-state index in [2.05, 4.69) is 10.3 Å². The number of para-hydroxylation sites is 1. The van der Waals surface area contributed by atoms with Gasteiger partial charge in [-0.15, -0.1) is 0 Å².